The summed E-state index contributed by atoms with van der Waals surface area (Å²) < 4.78 is 0.883. The second-order valence-electron chi connectivity index (χ2n) is 6.18. The molecule has 1 aromatic carbocycles. The van der Waals surface area contributed by atoms with Crippen LogP contribution >= 0.6 is 15.9 Å². The zero-order chi connectivity index (χ0) is 18.3. The van der Waals surface area contributed by atoms with E-state index in [1.807, 2.05) is 24.3 Å². The van der Waals surface area contributed by atoms with Gasteiger partial charge in [0.1, 0.15) is 12.1 Å². The summed E-state index contributed by atoms with van der Waals surface area (Å²) in [5, 5.41) is 16.5. The van der Waals surface area contributed by atoms with Crippen LogP contribution in [-0.2, 0) is 4.79 Å². The lowest BCUT2D eigenvalue weighted by Gasteiger charge is -2.38. The third-order valence-corrected chi connectivity index (χ3v) is 5.20. The van der Waals surface area contributed by atoms with Crippen molar-refractivity contribution in [2.45, 2.75) is 25.2 Å². The number of carbonyl (C=O) groups excluding carboxylic acids is 1. The largest absolute Gasteiger partial charge is 0.384 e. The molecular formula is C18H15BrN6O. The van der Waals surface area contributed by atoms with Gasteiger partial charge in [-0.25, -0.2) is 5.10 Å². The number of allylic oxidation sites excluding steroid dienone is 3. The molecule has 0 radical (unpaired) electrons. The first-order chi connectivity index (χ1) is 12.6. The van der Waals surface area contributed by atoms with Crippen molar-refractivity contribution in [3.63, 3.8) is 0 Å². The van der Waals surface area contributed by atoms with Crippen LogP contribution in [0.25, 0.3) is 0 Å². The van der Waals surface area contributed by atoms with Crippen molar-refractivity contribution in [2.75, 3.05) is 4.90 Å². The number of carbonyl (C=O) groups is 1. The molecule has 2 aliphatic rings. The second kappa shape index (κ2) is 6.42. The average Bonchev–Trinajstić information content (AvgIpc) is 3.15. The molecule has 0 bridgehead atoms. The van der Waals surface area contributed by atoms with Crippen molar-refractivity contribution in [3.05, 3.63) is 63.3 Å². The molecule has 2 heterocycles. The Labute approximate surface area is 158 Å². The highest BCUT2D eigenvalue weighted by molar-refractivity contribution is 9.10. The number of nitrogens with two attached hydrogens (primary N) is 1. The maximum atomic E-state index is 12.9. The van der Waals surface area contributed by atoms with Crippen LogP contribution in [0.15, 0.2) is 57.7 Å². The van der Waals surface area contributed by atoms with Crippen LogP contribution in [0.1, 0.15) is 30.7 Å². The number of hydrogen-bond acceptors (Lipinski definition) is 6. The summed E-state index contributed by atoms with van der Waals surface area (Å²) in [6, 6.07) is 9.85. The Morgan fingerprint density at radius 3 is 2.92 bits per heavy atom. The Balaban J connectivity index is 1.98. The lowest BCUT2D eigenvalue weighted by Crippen LogP contribution is -2.39. The van der Waals surface area contributed by atoms with Crippen molar-refractivity contribution in [1.29, 1.82) is 5.26 Å². The van der Waals surface area contributed by atoms with Gasteiger partial charge in [0.25, 0.3) is 0 Å². The van der Waals surface area contributed by atoms with Gasteiger partial charge in [0, 0.05) is 22.2 Å². The minimum Gasteiger partial charge on any atom is -0.384 e. The molecule has 130 valence electrons. The molecule has 8 heteroatoms. The Morgan fingerprint density at radius 1 is 1.38 bits per heavy atom. The number of halogens is 1. The minimum absolute atomic E-state index is 0.0426. The van der Waals surface area contributed by atoms with E-state index in [2.05, 4.69) is 37.2 Å². The van der Waals surface area contributed by atoms with Gasteiger partial charge in [-0.05, 0) is 30.5 Å². The fraction of sp³-hybridized carbons (Fsp3) is 0.222. The molecule has 0 saturated carbocycles. The Morgan fingerprint density at radius 2 is 2.23 bits per heavy atom. The van der Waals surface area contributed by atoms with E-state index in [1.165, 1.54) is 6.33 Å². The van der Waals surface area contributed by atoms with Crippen molar-refractivity contribution in [2.24, 2.45) is 5.73 Å². The number of aromatic amines is 1. The maximum absolute atomic E-state index is 12.9. The van der Waals surface area contributed by atoms with E-state index in [1.54, 1.807) is 4.90 Å². The molecule has 0 fully saturated rings. The van der Waals surface area contributed by atoms with Gasteiger partial charge in [0.05, 0.1) is 17.6 Å². The predicted octanol–water partition coefficient (Wildman–Crippen LogP) is 2.87. The molecule has 26 heavy (non-hydrogen) atoms. The van der Waals surface area contributed by atoms with Crippen molar-refractivity contribution >= 4 is 27.7 Å². The molecule has 7 nitrogen and oxygen atoms in total. The van der Waals surface area contributed by atoms with Gasteiger partial charge in [-0.1, -0.05) is 28.1 Å². The molecule has 1 aromatic heterocycles. The molecule has 3 N–H and O–H groups in total. The number of rotatable bonds is 2. The van der Waals surface area contributed by atoms with Gasteiger partial charge in [-0.2, -0.15) is 15.3 Å². The van der Waals surface area contributed by atoms with Crippen LogP contribution in [0.5, 0.6) is 0 Å². The fourth-order valence-corrected chi connectivity index (χ4v) is 4.07. The fourth-order valence-electron chi connectivity index (χ4n) is 3.65. The number of H-pyrrole nitrogens is 1. The van der Waals surface area contributed by atoms with Crippen LogP contribution in [0.2, 0.25) is 0 Å². The first-order valence-electron chi connectivity index (χ1n) is 8.18. The van der Waals surface area contributed by atoms with Crippen LogP contribution in [0.4, 0.5) is 5.95 Å². The lowest BCUT2D eigenvalue weighted by atomic mass is 9.76. The van der Waals surface area contributed by atoms with Crippen LogP contribution < -0.4 is 10.6 Å². The van der Waals surface area contributed by atoms with Crippen molar-refractivity contribution in [1.82, 2.24) is 15.2 Å². The second-order valence-corrected chi connectivity index (χ2v) is 7.10. The summed E-state index contributed by atoms with van der Waals surface area (Å²) in [5.41, 5.74) is 9.00. The molecule has 4 rings (SSSR count). The summed E-state index contributed by atoms with van der Waals surface area (Å²) in [6.07, 6.45) is 3.26. The number of nitriles is 1. The van der Waals surface area contributed by atoms with Gasteiger partial charge in [-0.3, -0.25) is 9.69 Å². The van der Waals surface area contributed by atoms with Crippen LogP contribution in [0, 0.1) is 11.3 Å². The maximum Gasteiger partial charge on any atom is 0.231 e. The third kappa shape index (κ3) is 2.52. The van der Waals surface area contributed by atoms with Gasteiger partial charge in [0.2, 0.25) is 5.95 Å². The molecule has 0 spiro atoms. The first-order valence-corrected chi connectivity index (χ1v) is 8.98. The summed E-state index contributed by atoms with van der Waals surface area (Å²) in [5.74, 6) is 0.258. The Hall–Kier alpha value is -2.92. The van der Waals surface area contributed by atoms with E-state index in [4.69, 9.17) is 5.73 Å². The number of nitrogens with one attached hydrogen (secondary N) is 1. The van der Waals surface area contributed by atoms with Crippen molar-refractivity contribution < 1.29 is 4.79 Å². The minimum atomic E-state index is -0.473. The van der Waals surface area contributed by atoms with Crippen molar-refractivity contribution in [3.8, 4) is 6.07 Å². The standard InChI is InChI=1S/C18H15BrN6O/c19-11-4-1-3-10(7-11)15-12(8-20)17(21)25(18-22-9-23-24-18)13-5-2-6-14(26)16(13)15/h1,3-4,7,9,15H,2,5-6,21H2,(H,22,23,24)/t15-/m1/s1. The monoisotopic (exact) mass is 410 g/mol. The zero-order valence-corrected chi connectivity index (χ0v) is 15.3. The number of aromatic nitrogens is 3. The zero-order valence-electron chi connectivity index (χ0n) is 13.7. The molecule has 0 amide bonds. The van der Waals surface area contributed by atoms with Gasteiger partial charge in [0.15, 0.2) is 5.78 Å². The van der Waals surface area contributed by atoms with E-state index in [9.17, 15) is 10.1 Å². The van der Waals surface area contributed by atoms with E-state index in [0.717, 1.165) is 22.2 Å². The van der Waals surface area contributed by atoms with E-state index in [0.29, 0.717) is 29.9 Å². The average molecular weight is 411 g/mol. The normalized spacial score (nSPS) is 20.2. The Kier molecular flexibility index (Phi) is 4.09. The van der Waals surface area contributed by atoms with Crippen LogP contribution in [-0.4, -0.2) is 21.0 Å². The number of anilines is 1. The van der Waals surface area contributed by atoms with Crippen LogP contribution in [0.3, 0.4) is 0 Å². The summed E-state index contributed by atoms with van der Waals surface area (Å²) in [6.45, 7) is 0. The SMILES string of the molecule is N#CC1=C(N)N(c2ncn[nH]2)C2=C(C(=O)CCC2)[C@@H]1c1cccc(Br)c1. The first kappa shape index (κ1) is 16.5. The predicted molar refractivity (Wildman–Crippen MR) is 98.5 cm³/mol. The summed E-state index contributed by atoms with van der Waals surface area (Å²) in [4.78, 5) is 18.7. The molecule has 0 unspecified atom stereocenters. The molecule has 0 saturated heterocycles. The van der Waals surface area contributed by atoms with Gasteiger partial charge >= 0.3 is 0 Å². The smallest absolute Gasteiger partial charge is 0.231 e. The third-order valence-electron chi connectivity index (χ3n) is 4.71. The highest BCUT2D eigenvalue weighted by Crippen LogP contribution is 2.45. The molecule has 2 aromatic rings. The topological polar surface area (TPSA) is 112 Å². The summed E-state index contributed by atoms with van der Waals surface area (Å²) in [7, 11) is 0. The summed E-state index contributed by atoms with van der Waals surface area (Å²) >= 11 is 3.47. The van der Waals surface area contributed by atoms with E-state index in [-0.39, 0.29) is 11.6 Å². The number of Topliss-reactive ketones (excluding diaryl/α,β-unsaturated/α-hetero) is 1. The highest BCUT2D eigenvalue weighted by atomic mass is 79.9. The molecule has 1 aliphatic carbocycles. The number of hydrogen-bond donors (Lipinski definition) is 2. The molecule has 1 atom stereocenters. The molecular weight excluding hydrogens is 396 g/mol. The quantitative estimate of drug-likeness (QED) is 0.786. The number of ketones is 1. The van der Waals surface area contributed by atoms with Gasteiger partial charge in [-0.15, -0.1) is 0 Å². The van der Waals surface area contributed by atoms with Gasteiger partial charge < -0.3 is 5.73 Å². The number of nitrogens with zero attached hydrogens (tertiary/aromatic N) is 4. The van der Waals surface area contributed by atoms with E-state index < -0.39 is 5.92 Å². The highest BCUT2D eigenvalue weighted by Gasteiger charge is 2.41. The van der Waals surface area contributed by atoms with E-state index >= 15 is 0 Å². The molecule has 1 aliphatic heterocycles. The number of benzene rings is 1. The Bertz CT molecular complexity index is 985. The lowest BCUT2D eigenvalue weighted by molar-refractivity contribution is -0.116.